The number of nitrogens with zero attached hydrogens (tertiary/aromatic N) is 1. The Morgan fingerprint density at radius 2 is 1.26 bits per heavy atom. The summed E-state index contributed by atoms with van der Waals surface area (Å²) in [7, 11) is 0. The lowest BCUT2D eigenvalue weighted by Gasteiger charge is -2.09. The van der Waals surface area contributed by atoms with Gasteiger partial charge in [-0.05, 0) is 54.6 Å². The predicted molar refractivity (Wildman–Crippen MR) is 88.6 cm³/mol. The largest absolute Gasteiger partial charge is 0.457 e. The van der Waals surface area contributed by atoms with Crippen molar-refractivity contribution in [1.82, 2.24) is 0 Å². The number of nitrogens with two attached hydrogens (primary N) is 1. The number of hydrogen-bond acceptors (Lipinski definition) is 4. The molecule has 23 heavy (non-hydrogen) atoms. The van der Waals surface area contributed by atoms with E-state index in [2.05, 4.69) is 6.07 Å². The highest BCUT2D eigenvalue weighted by Gasteiger charge is 2.01. The average molecular weight is 302 g/mol. The zero-order valence-electron chi connectivity index (χ0n) is 12.3. The standard InChI is InChI=1S/C19H14N2O2/c20-13-14-3-1-5-18(11-14)22-16-7-9-17(10-8-16)23-19-6-2-4-15(21)12-19/h1-12H,21H2. The molecule has 2 N–H and O–H groups in total. The fourth-order valence-electron chi connectivity index (χ4n) is 2.06. The molecule has 4 nitrogen and oxygen atoms in total. The molecule has 0 unspecified atom stereocenters. The number of nitriles is 1. The van der Waals surface area contributed by atoms with Gasteiger partial charge in [-0.1, -0.05) is 12.1 Å². The van der Waals surface area contributed by atoms with E-state index in [0.717, 1.165) is 0 Å². The van der Waals surface area contributed by atoms with Gasteiger partial charge in [-0.2, -0.15) is 5.26 Å². The molecule has 0 aliphatic rings. The van der Waals surface area contributed by atoms with Gasteiger partial charge < -0.3 is 15.2 Å². The van der Waals surface area contributed by atoms with E-state index in [1.165, 1.54) is 0 Å². The van der Waals surface area contributed by atoms with Gasteiger partial charge in [0.05, 0.1) is 11.6 Å². The average Bonchev–Trinajstić information content (AvgIpc) is 2.57. The van der Waals surface area contributed by atoms with Crippen molar-refractivity contribution in [2.45, 2.75) is 0 Å². The molecule has 0 aliphatic heterocycles. The molecular formula is C19H14N2O2. The third-order valence-corrected chi connectivity index (χ3v) is 3.12. The molecule has 0 atom stereocenters. The molecule has 0 saturated carbocycles. The van der Waals surface area contributed by atoms with E-state index < -0.39 is 0 Å². The summed E-state index contributed by atoms with van der Waals surface area (Å²) in [6.07, 6.45) is 0. The summed E-state index contributed by atoms with van der Waals surface area (Å²) >= 11 is 0. The fourth-order valence-corrected chi connectivity index (χ4v) is 2.06. The van der Waals surface area contributed by atoms with Crippen molar-refractivity contribution in [2.75, 3.05) is 5.73 Å². The van der Waals surface area contributed by atoms with Gasteiger partial charge in [-0.25, -0.2) is 0 Å². The second-order valence-corrected chi connectivity index (χ2v) is 4.89. The molecule has 0 bridgehead atoms. The summed E-state index contributed by atoms with van der Waals surface area (Å²) in [6.45, 7) is 0. The Morgan fingerprint density at radius 1 is 0.696 bits per heavy atom. The van der Waals surface area contributed by atoms with Crippen LogP contribution in [0.5, 0.6) is 23.0 Å². The third-order valence-electron chi connectivity index (χ3n) is 3.12. The van der Waals surface area contributed by atoms with Crippen LogP contribution in [0.15, 0.2) is 72.8 Å². The van der Waals surface area contributed by atoms with Gasteiger partial charge in [0, 0.05) is 11.8 Å². The molecule has 4 heteroatoms. The van der Waals surface area contributed by atoms with Crippen molar-refractivity contribution >= 4 is 5.69 Å². The Kier molecular flexibility index (Phi) is 4.12. The van der Waals surface area contributed by atoms with Crippen LogP contribution in [-0.2, 0) is 0 Å². The highest BCUT2D eigenvalue weighted by molar-refractivity contribution is 5.46. The van der Waals surface area contributed by atoms with E-state index in [1.54, 1.807) is 48.5 Å². The molecule has 0 radical (unpaired) electrons. The van der Waals surface area contributed by atoms with Gasteiger partial charge in [-0.15, -0.1) is 0 Å². The van der Waals surface area contributed by atoms with E-state index in [0.29, 0.717) is 34.2 Å². The van der Waals surface area contributed by atoms with Crippen molar-refractivity contribution in [1.29, 1.82) is 5.26 Å². The minimum Gasteiger partial charge on any atom is -0.457 e. The summed E-state index contributed by atoms with van der Waals surface area (Å²) in [4.78, 5) is 0. The van der Waals surface area contributed by atoms with E-state index >= 15 is 0 Å². The van der Waals surface area contributed by atoms with Gasteiger partial charge in [0.15, 0.2) is 0 Å². The lowest BCUT2D eigenvalue weighted by atomic mass is 10.2. The van der Waals surface area contributed by atoms with Crippen LogP contribution in [0.2, 0.25) is 0 Å². The highest BCUT2D eigenvalue weighted by Crippen LogP contribution is 2.27. The minimum absolute atomic E-state index is 0.559. The second-order valence-electron chi connectivity index (χ2n) is 4.89. The van der Waals surface area contributed by atoms with Crippen molar-refractivity contribution in [3.8, 4) is 29.1 Å². The maximum atomic E-state index is 8.89. The first-order chi connectivity index (χ1) is 11.2. The van der Waals surface area contributed by atoms with E-state index in [1.807, 2.05) is 24.3 Å². The maximum Gasteiger partial charge on any atom is 0.129 e. The Balaban J connectivity index is 1.70. The van der Waals surface area contributed by atoms with Crippen LogP contribution in [0, 0.1) is 11.3 Å². The smallest absolute Gasteiger partial charge is 0.129 e. The molecular weight excluding hydrogens is 288 g/mol. The van der Waals surface area contributed by atoms with Crippen LogP contribution in [0.4, 0.5) is 5.69 Å². The molecule has 0 aliphatic carbocycles. The number of anilines is 1. The topological polar surface area (TPSA) is 68.3 Å². The van der Waals surface area contributed by atoms with Crippen LogP contribution in [0.1, 0.15) is 5.56 Å². The van der Waals surface area contributed by atoms with Crippen LogP contribution in [-0.4, -0.2) is 0 Å². The Hall–Kier alpha value is -3.45. The third kappa shape index (κ3) is 3.80. The minimum atomic E-state index is 0.559. The molecule has 0 spiro atoms. The first-order valence-electron chi connectivity index (χ1n) is 7.04. The van der Waals surface area contributed by atoms with Gasteiger partial charge in [0.2, 0.25) is 0 Å². The normalized spacial score (nSPS) is 9.87. The summed E-state index contributed by atoms with van der Waals surface area (Å²) < 4.78 is 11.4. The number of ether oxygens (including phenoxy) is 2. The second kappa shape index (κ2) is 6.54. The fraction of sp³-hybridized carbons (Fsp3) is 0. The van der Waals surface area contributed by atoms with Crippen molar-refractivity contribution < 1.29 is 9.47 Å². The summed E-state index contributed by atoms with van der Waals surface area (Å²) in [5.41, 5.74) is 6.94. The first-order valence-corrected chi connectivity index (χ1v) is 7.04. The van der Waals surface area contributed by atoms with Crippen molar-refractivity contribution in [3.05, 3.63) is 78.4 Å². The molecule has 112 valence electrons. The quantitative estimate of drug-likeness (QED) is 0.708. The Morgan fingerprint density at radius 3 is 1.83 bits per heavy atom. The lowest BCUT2D eigenvalue weighted by molar-refractivity contribution is 0.469. The zero-order valence-corrected chi connectivity index (χ0v) is 12.3. The molecule has 0 fully saturated rings. The van der Waals surface area contributed by atoms with Gasteiger partial charge in [-0.3, -0.25) is 0 Å². The van der Waals surface area contributed by atoms with E-state index in [9.17, 15) is 0 Å². The van der Waals surface area contributed by atoms with E-state index in [-0.39, 0.29) is 0 Å². The monoisotopic (exact) mass is 302 g/mol. The Bertz CT molecular complexity index is 852. The SMILES string of the molecule is N#Cc1cccc(Oc2ccc(Oc3cccc(N)c3)cc2)c1. The zero-order chi connectivity index (χ0) is 16.1. The number of benzene rings is 3. The predicted octanol–water partition coefficient (Wildman–Crippen LogP) is 4.73. The maximum absolute atomic E-state index is 8.89. The molecule has 0 aromatic heterocycles. The van der Waals surface area contributed by atoms with Gasteiger partial charge in [0.1, 0.15) is 23.0 Å². The number of nitrogen functional groups attached to an aromatic ring is 1. The number of rotatable bonds is 4. The lowest BCUT2D eigenvalue weighted by Crippen LogP contribution is -1.88. The van der Waals surface area contributed by atoms with Crippen LogP contribution >= 0.6 is 0 Å². The van der Waals surface area contributed by atoms with Gasteiger partial charge >= 0.3 is 0 Å². The first kappa shape index (κ1) is 14.5. The summed E-state index contributed by atoms with van der Waals surface area (Å²) in [5.74, 6) is 2.66. The van der Waals surface area contributed by atoms with Gasteiger partial charge in [0.25, 0.3) is 0 Å². The van der Waals surface area contributed by atoms with Crippen molar-refractivity contribution in [3.63, 3.8) is 0 Å². The van der Waals surface area contributed by atoms with Crippen LogP contribution < -0.4 is 15.2 Å². The highest BCUT2D eigenvalue weighted by atomic mass is 16.5. The summed E-state index contributed by atoms with van der Waals surface area (Å²) in [6, 6.07) is 23.6. The van der Waals surface area contributed by atoms with Crippen molar-refractivity contribution in [2.24, 2.45) is 0 Å². The molecule has 3 rings (SSSR count). The Labute approximate surface area is 134 Å². The molecule has 0 heterocycles. The summed E-state index contributed by atoms with van der Waals surface area (Å²) in [5, 5.41) is 8.89. The number of hydrogen-bond donors (Lipinski definition) is 1. The molecule has 3 aromatic carbocycles. The molecule has 0 saturated heterocycles. The molecule has 0 amide bonds. The van der Waals surface area contributed by atoms with E-state index in [4.69, 9.17) is 20.5 Å². The van der Waals surface area contributed by atoms with Crippen LogP contribution in [0.25, 0.3) is 0 Å². The molecule has 3 aromatic rings. The van der Waals surface area contributed by atoms with Crippen LogP contribution in [0.3, 0.4) is 0 Å².